The number of rotatable bonds is 7. The van der Waals surface area contributed by atoms with E-state index in [1.807, 2.05) is 35.8 Å². The summed E-state index contributed by atoms with van der Waals surface area (Å²) in [5.41, 5.74) is 1.04. The Hall–Kier alpha value is -1.76. The van der Waals surface area contributed by atoms with Crippen molar-refractivity contribution in [1.29, 1.82) is 0 Å². The monoisotopic (exact) mass is 411 g/mol. The molecule has 4 nitrogen and oxygen atoms in total. The van der Waals surface area contributed by atoms with E-state index < -0.39 is 5.82 Å². The molecular formula is C18H16Cl2FN3OS. The van der Waals surface area contributed by atoms with Gasteiger partial charge in [0, 0.05) is 17.3 Å². The number of aromatic nitrogens is 3. The molecule has 136 valence electrons. The molecule has 0 aliphatic carbocycles. The summed E-state index contributed by atoms with van der Waals surface area (Å²) in [4.78, 5) is 0. The molecule has 0 unspecified atom stereocenters. The van der Waals surface area contributed by atoms with Crippen LogP contribution < -0.4 is 4.74 Å². The van der Waals surface area contributed by atoms with Gasteiger partial charge >= 0.3 is 0 Å². The molecule has 0 N–H and O–H groups in total. The molecule has 8 heteroatoms. The fourth-order valence-electron chi connectivity index (χ4n) is 2.34. The zero-order valence-electron chi connectivity index (χ0n) is 14.0. The maximum Gasteiger partial charge on any atom is 0.191 e. The van der Waals surface area contributed by atoms with Crippen LogP contribution in [0.2, 0.25) is 10.0 Å². The van der Waals surface area contributed by atoms with Crippen LogP contribution in [0.3, 0.4) is 0 Å². The Morgan fingerprint density at radius 1 is 1.12 bits per heavy atom. The van der Waals surface area contributed by atoms with Gasteiger partial charge in [0.2, 0.25) is 0 Å². The highest BCUT2D eigenvalue weighted by atomic mass is 35.5. The van der Waals surface area contributed by atoms with Crippen LogP contribution in [0.4, 0.5) is 4.39 Å². The van der Waals surface area contributed by atoms with Crippen LogP contribution in [0.5, 0.6) is 5.75 Å². The normalized spacial score (nSPS) is 10.9. The Labute approximate surface area is 165 Å². The largest absolute Gasteiger partial charge is 0.484 e. The zero-order valence-corrected chi connectivity index (χ0v) is 16.3. The molecule has 0 saturated carbocycles. The van der Waals surface area contributed by atoms with E-state index in [2.05, 4.69) is 10.2 Å². The third-order valence-corrected chi connectivity index (χ3v) is 5.35. The van der Waals surface area contributed by atoms with E-state index in [9.17, 15) is 4.39 Å². The molecule has 1 aromatic heterocycles. The number of hydrogen-bond acceptors (Lipinski definition) is 4. The van der Waals surface area contributed by atoms with Crippen LogP contribution in [0.15, 0.2) is 47.6 Å². The first-order valence-electron chi connectivity index (χ1n) is 7.94. The zero-order chi connectivity index (χ0) is 18.5. The van der Waals surface area contributed by atoms with Gasteiger partial charge in [-0.05, 0) is 36.8 Å². The highest BCUT2D eigenvalue weighted by Crippen LogP contribution is 2.28. The molecule has 0 aliphatic rings. The predicted octanol–water partition coefficient (Wildman–Crippen LogP) is 5.62. The molecule has 3 rings (SSSR count). The summed E-state index contributed by atoms with van der Waals surface area (Å²) < 4.78 is 20.7. The molecule has 0 radical (unpaired) electrons. The molecule has 0 saturated heterocycles. The van der Waals surface area contributed by atoms with Gasteiger partial charge in [-0.1, -0.05) is 53.2 Å². The number of halogens is 3. The second kappa shape index (κ2) is 8.75. The van der Waals surface area contributed by atoms with Crippen LogP contribution in [0.1, 0.15) is 18.3 Å². The van der Waals surface area contributed by atoms with Gasteiger partial charge in [-0.25, -0.2) is 4.39 Å². The predicted molar refractivity (Wildman–Crippen MR) is 102 cm³/mol. The number of ether oxygens (including phenoxy) is 1. The molecule has 0 amide bonds. The number of hydrogen-bond donors (Lipinski definition) is 0. The van der Waals surface area contributed by atoms with Crippen molar-refractivity contribution in [3.05, 3.63) is 69.7 Å². The van der Waals surface area contributed by atoms with Gasteiger partial charge in [0.15, 0.2) is 11.0 Å². The van der Waals surface area contributed by atoms with Gasteiger partial charge in [-0.15, -0.1) is 10.2 Å². The minimum Gasteiger partial charge on any atom is -0.484 e. The van der Waals surface area contributed by atoms with E-state index in [1.165, 1.54) is 18.2 Å². The van der Waals surface area contributed by atoms with Crippen molar-refractivity contribution < 1.29 is 9.13 Å². The Bertz CT molecular complexity index is 904. The Kier molecular flexibility index (Phi) is 6.40. The van der Waals surface area contributed by atoms with Crippen LogP contribution >= 0.6 is 35.0 Å². The molecule has 0 aliphatic heterocycles. The highest BCUT2D eigenvalue weighted by molar-refractivity contribution is 7.98. The average molecular weight is 412 g/mol. The third kappa shape index (κ3) is 4.50. The summed E-state index contributed by atoms with van der Waals surface area (Å²) in [5, 5.41) is 10.2. The summed E-state index contributed by atoms with van der Waals surface area (Å²) in [6, 6.07) is 11.7. The molecule has 0 atom stereocenters. The Balaban J connectivity index is 1.68. The quantitative estimate of drug-likeness (QED) is 0.473. The molecular weight excluding hydrogens is 396 g/mol. The van der Waals surface area contributed by atoms with Crippen LogP contribution in [0, 0.1) is 5.82 Å². The third-order valence-electron chi connectivity index (χ3n) is 3.67. The van der Waals surface area contributed by atoms with Crippen LogP contribution in [0.25, 0.3) is 0 Å². The molecule has 0 fully saturated rings. The molecule has 26 heavy (non-hydrogen) atoms. The topological polar surface area (TPSA) is 39.9 Å². The number of benzene rings is 2. The second-order valence-corrected chi connectivity index (χ2v) is 7.14. The van der Waals surface area contributed by atoms with Crippen molar-refractivity contribution >= 4 is 35.0 Å². The Morgan fingerprint density at radius 3 is 2.65 bits per heavy atom. The number of thioether (sulfide) groups is 1. The van der Waals surface area contributed by atoms with E-state index >= 15 is 0 Å². The molecule has 1 heterocycles. The van der Waals surface area contributed by atoms with Crippen molar-refractivity contribution in [3.8, 4) is 5.75 Å². The highest BCUT2D eigenvalue weighted by Gasteiger charge is 2.13. The van der Waals surface area contributed by atoms with Gasteiger partial charge in [0.25, 0.3) is 0 Å². The molecule has 0 spiro atoms. The minimum atomic E-state index is -0.405. The van der Waals surface area contributed by atoms with Gasteiger partial charge in [0.1, 0.15) is 18.2 Å². The van der Waals surface area contributed by atoms with E-state index in [-0.39, 0.29) is 11.6 Å². The summed E-state index contributed by atoms with van der Waals surface area (Å²) in [5.74, 6) is 1.37. The summed E-state index contributed by atoms with van der Waals surface area (Å²) >= 11 is 13.7. The fourth-order valence-corrected chi connectivity index (χ4v) is 3.87. The first-order chi connectivity index (χ1) is 12.6. The van der Waals surface area contributed by atoms with E-state index in [1.54, 1.807) is 11.8 Å². The van der Waals surface area contributed by atoms with Crippen molar-refractivity contribution in [3.63, 3.8) is 0 Å². The lowest BCUT2D eigenvalue weighted by atomic mass is 10.2. The Morgan fingerprint density at radius 2 is 1.92 bits per heavy atom. The van der Waals surface area contributed by atoms with Crippen molar-refractivity contribution in [2.24, 2.45) is 0 Å². The van der Waals surface area contributed by atoms with Crippen molar-refractivity contribution in [2.45, 2.75) is 31.0 Å². The van der Waals surface area contributed by atoms with Crippen LogP contribution in [-0.4, -0.2) is 14.8 Å². The van der Waals surface area contributed by atoms with Crippen LogP contribution in [-0.2, 0) is 18.9 Å². The summed E-state index contributed by atoms with van der Waals surface area (Å²) in [7, 11) is 0. The standard InChI is InChI=1S/C18H16Cl2FN3OS/c1-2-24-17(10-25-16-8-7-13(21)9-15(16)20)22-23-18(24)26-11-12-5-3-4-6-14(12)19/h3-9H,2,10-11H2,1H3. The summed E-state index contributed by atoms with van der Waals surface area (Å²) in [6.45, 7) is 2.91. The van der Waals surface area contributed by atoms with Gasteiger partial charge in [-0.2, -0.15) is 0 Å². The lowest BCUT2D eigenvalue weighted by Gasteiger charge is -2.10. The molecule has 2 aromatic carbocycles. The average Bonchev–Trinajstić information content (AvgIpc) is 3.02. The summed E-state index contributed by atoms with van der Waals surface area (Å²) in [6.07, 6.45) is 0. The van der Waals surface area contributed by atoms with E-state index in [0.717, 1.165) is 15.7 Å². The minimum absolute atomic E-state index is 0.193. The molecule has 0 bridgehead atoms. The van der Waals surface area contributed by atoms with E-state index in [4.69, 9.17) is 27.9 Å². The molecule has 3 aromatic rings. The fraction of sp³-hybridized carbons (Fsp3) is 0.222. The van der Waals surface area contributed by atoms with Crippen molar-refractivity contribution in [1.82, 2.24) is 14.8 Å². The SMILES string of the molecule is CCn1c(COc2ccc(F)cc2Cl)nnc1SCc1ccccc1Cl. The van der Waals surface area contributed by atoms with Gasteiger partial charge < -0.3 is 9.30 Å². The second-order valence-electron chi connectivity index (χ2n) is 5.39. The maximum absolute atomic E-state index is 13.1. The van der Waals surface area contributed by atoms with Crippen molar-refractivity contribution in [2.75, 3.05) is 0 Å². The lowest BCUT2D eigenvalue weighted by molar-refractivity contribution is 0.288. The first kappa shape index (κ1) is 19.0. The van der Waals surface area contributed by atoms with Gasteiger partial charge in [-0.3, -0.25) is 0 Å². The smallest absolute Gasteiger partial charge is 0.191 e. The first-order valence-corrected chi connectivity index (χ1v) is 9.68. The maximum atomic E-state index is 13.1. The van der Waals surface area contributed by atoms with E-state index in [0.29, 0.717) is 23.9 Å². The number of nitrogens with zero attached hydrogens (tertiary/aromatic N) is 3. The van der Waals surface area contributed by atoms with Gasteiger partial charge in [0.05, 0.1) is 5.02 Å². The lowest BCUT2D eigenvalue weighted by Crippen LogP contribution is -2.07.